The molecule has 0 aliphatic rings. The highest BCUT2D eigenvalue weighted by molar-refractivity contribution is 5.91. The number of carbonyl (C=O) groups is 2. The lowest BCUT2D eigenvalue weighted by atomic mass is 10.0. The predicted molar refractivity (Wildman–Crippen MR) is 71.4 cm³/mol. The Balaban J connectivity index is 2.63. The Kier molecular flexibility index (Phi) is 5.17. The van der Waals surface area contributed by atoms with Gasteiger partial charge in [0.1, 0.15) is 5.75 Å². The quantitative estimate of drug-likeness (QED) is 0.759. The zero-order chi connectivity index (χ0) is 14.4. The van der Waals surface area contributed by atoms with Gasteiger partial charge in [0.2, 0.25) is 0 Å². The van der Waals surface area contributed by atoms with Crippen molar-refractivity contribution in [2.45, 2.75) is 19.9 Å². The van der Waals surface area contributed by atoms with E-state index in [4.69, 9.17) is 9.84 Å². The number of hydrogen-bond acceptors (Lipinski definition) is 3. The predicted octanol–water partition coefficient (Wildman–Crippen LogP) is 1.93. The van der Waals surface area contributed by atoms with Crippen molar-refractivity contribution in [1.29, 1.82) is 0 Å². The molecule has 0 aliphatic carbocycles. The normalized spacial score (nSPS) is 13.2. The van der Waals surface area contributed by atoms with Crippen LogP contribution in [0.3, 0.4) is 0 Å². The summed E-state index contributed by atoms with van der Waals surface area (Å²) in [5.41, 5.74) is 0.526. The fraction of sp³-hybridized carbons (Fsp3) is 0.385. The molecule has 0 radical (unpaired) electrons. The van der Waals surface area contributed by atoms with E-state index in [2.05, 4.69) is 10.6 Å². The standard InChI is InChI=1S/C13H18N2O4/c1-8(12(16)17)9(2)14-13(18)15-10-6-4-5-7-11(10)19-3/h4-9H,1-3H3,(H,16,17)(H2,14,15,18). The van der Waals surface area contributed by atoms with E-state index >= 15 is 0 Å². The summed E-state index contributed by atoms with van der Waals surface area (Å²) in [5, 5.41) is 14.0. The van der Waals surface area contributed by atoms with Crippen LogP contribution in [-0.2, 0) is 4.79 Å². The number of urea groups is 1. The van der Waals surface area contributed by atoms with Crippen molar-refractivity contribution >= 4 is 17.7 Å². The summed E-state index contributed by atoms with van der Waals surface area (Å²) in [6, 6.07) is 6.03. The molecule has 6 heteroatoms. The maximum absolute atomic E-state index is 11.7. The van der Waals surface area contributed by atoms with E-state index in [-0.39, 0.29) is 0 Å². The van der Waals surface area contributed by atoms with Gasteiger partial charge in [-0.05, 0) is 26.0 Å². The summed E-state index contributed by atoms with van der Waals surface area (Å²) >= 11 is 0. The van der Waals surface area contributed by atoms with Gasteiger partial charge < -0.3 is 20.5 Å². The summed E-state index contributed by atoms with van der Waals surface area (Å²) in [4.78, 5) is 22.5. The van der Waals surface area contributed by atoms with Gasteiger partial charge in [-0.25, -0.2) is 4.79 Å². The lowest BCUT2D eigenvalue weighted by molar-refractivity contribution is -0.141. The van der Waals surface area contributed by atoms with Crippen molar-refractivity contribution in [2.75, 3.05) is 12.4 Å². The first-order chi connectivity index (χ1) is 8.95. The smallest absolute Gasteiger partial charge is 0.319 e. The first kappa shape index (κ1) is 14.8. The topological polar surface area (TPSA) is 87.7 Å². The molecule has 3 N–H and O–H groups in total. The molecule has 0 fully saturated rings. The highest BCUT2D eigenvalue weighted by Gasteiger charge is 2.21. The molecule has 6 nitrogen and oxygen atoms in total. The van der Waals surface area contributed by atoms with Crippen molar-refractivity contribution in [3.8, 4) is 5.75 Å². The third-order valence-corrected chi connectivity index (χ3v) is 2.85. The number of carboxylic acid groups (broad SMARTS) is 1. The van der Waals surface area contributed by atoms with Gasteiger partial charge in [-0.3, -0.25) is 4.79 Å². The fourth-order valence-corrected chi connectivity index (χ4v) is 1.45. The van der Waals surface area contributed by atoms with Crippen LogP contribution in [0, 0.1) is 5.92 Å². The van der Waals surface area contributed by atoms with Crippen LogP contribution in [0.1, 0.15) is 13.8 Å². The molecule has 1 aromatic carbocycles. The van der Waals surface area contributed by atoms with Gasteiger partial charge in [0, 0.05) is 6.04 Å². The van der Waals surface area contributed by atoms with Crippen molar-refractivity contribution in [2.24, 2.45) is 5.92 Å². The Labute approximate surface area is 111 Å². The van der Waals surface area contributed by atoms with Crippen LogP contribution in [0.5, 0.6) is 5.75 Å². The second-order valence-electron chi connectivity index (χ2n) is 4.21. The average molecular weight is 266 g/mol. The summed E-state index contributed by atoms with van der Waals surface area (Å²) in [7, 11) is 1.51. The monoisotopic (exact) mass is 266 g/mol. The largest absolute Gasteiger partial charge is 0.495 e. The van der Waals surface area contributed by atoms with E-state index in [0.717, 1.165) is 0 Å². The molecular weight excluding hydrogens is 248 g/mol. The minimum absolute atomic E-state index is 0.467. The van der Waals surface area contributed by atoms with Gasteiger partial charge in [0.25, 0.3) is 0 Å². The first-order valence-electron chi connectivity index (χ1n) is 5.89. The molecule has 104 valence electrons. The molecule has 1 rings (SSSR count). The third-order valence-electron chi connectivity index (χ3n) is 2.85. The minimum Gasteiger partial charge on any atom is -0.495 e. The van der Waals surface area contributed by atoms with E-state index in [0.29, 0.717) is 11.4 Å². The van der Waals surface area contributed by atoms with Crippen LogP contribution in [-0.4, -0.2) is 30.3 Å². The molecule has 0 aliphatic heterocycles. The number of ether oxygens (including phenoxy) is 1. The van der Waals surface area contributed by atoms with Crippen LogP contribution < -0.4 is 15.4 Å². The molecule has 19 heavy (non-hydrogen) atoms. The van der Waals surface area contributed by atoms with E-state index in [9.17, 15) is 9.59 Å². The Bertz CT molecular complexity index is 462. The van der Waals surface area contributed by atoms with E-state index in [1.54, 1.807) is 31.2 Å². The Hall–Kier alpha value is -2.24. The van der Waals surface area contributed by atoms with Crippen molar-refractivity contribution < 1.29 is 19.4 Å². The van der Waals surface area contributed by atoms with Crippen molar-refractivity contribution in [3.63, 3.8) is 0 Å². The minimum atomic E-state index is -0.954. The molecule has 0 bridgehead atoms. The number of anilines is 1. The first-order valence-corrected chi connectivity index (χ1v) is 5.89. The van der Waals surface area contributed by atoms with Crippen LogP contribution in [0.15, 0.2) is 24.3 Å². The molecule has 0 spiro atoms. The molecule has 2 unspecified atom stereocenters. The summed E-state index contributed by atoms with van der Waals surface area (Å²) in [6.45, 7) is 3.18. The van der Waals surface area contributed by atoms with E-state index in [1.165, 1.54) is 14.0 Å². The third kappa shape index (κ3) is 4.17. The number of carboxylic acids is 1. The maximum atomic E-state index is 11.7. The number of nitrogens with one attached hydrogen (secondary N) is 2. The highest BCUT2D eigenvalue weighted by Crippen LogP contribution is 2.22. The lowest BCUT2D eigenvalue weighted by Gasteiger charge is -2.18. The number of para-hydroxylation sites is 2. The number of hydrogen-bond donors (Lipinski definition) is 3. The summed E-state index contributed by atoms with van der Waals surface area (Å²) in [5.74, 6) is -1.08. The SMILES string of the molecule is COc1ccccc1NC(=O)NC(C)C(C)C(=O)O. The van der Waals surface area contributed by atoms with Crippen LogP contribution in [0.4, 0.5) is 10.5 Å². The van der Waals surface area contributed by atoms with Gasteiger partial charge in [-0.2, -0.15) is 0 Å². The summed E-state index contributed by atoms with van der Waals surface area (Å²) in [6.07, 6.45) is 0. The van der Waals surface area contributed by atoms with Gasteiger partial charge >= 0.3 is 12.0 Å². The number of rotatable bonds is 5. The van der Waals surface area contributed by atoms with Crippen molar-refractivity contribution in [1.82, 2.24) is 5.32 Å². The van der Waals surface area contributed by atoms with Gasteiger partial charge in [-0.1, -0.05) is 12.1 Å². The number of carbonyl (C=O) groups excluding carboxylic acids is 1. The highest BCUT2D eigenvalue weighted by atomic mass is 16.5. The summed E-state index contributed by atoms with van der Waals surface area (Å²) < 4.78 is 5.10. The number of methoxy groups -OCH3 is 1. The molecule has 1 aromatic rings. The Morgan fingerprint density at radius 3 is 2.47 bits per heavy atom. The average Bonchev–Trinajstić information content (AvgIpc) is 2.38. The van der Waals surface area contributed by atoms with Gasteiger partial charge in [-0.15, -0.1) is 0 Å². The van der Waals surface area contributed by atoms with Crippen molar-refractivity contribution in [3.05, 3.63) is 24.3 Å². The molecular formula is C13H18N2O4. The van der Waals surface area contributed by atoms with Gasteiger partial charge in [0.05, 0.1) is 18.7 Å². The van der Waals surface area contributed by atoms with Gasteiger partial charge in [0.15, 0.2) is 0 Å². The molecule has 0 aromatic heterocycles. The number of aliphatic carboxylic acids is 1. The Morgan fingerprint density at radius 2 is 1.89 bits per heavy atom. The van der Waals surface area contributed by atoms with E-state index in [1.807, 2.05) is 0 Å². The van der Waals surface area contributed by atoms with Crippen LogP contribution in [0.2, 0.25) is 0 Å². The van der Waals surface area contributed by atoms with Crippen LogP contribution in [0.25, 0.3) is 0 Å². The number of benzene rings is 1. The van der Waals surface area contributed by atoms with Crippen LogP contribution >= 0.6 is 0 Å². The van der Waals surface area contributed by atoms with E-state index < -0.39 is 24.0 Å². The second kappa shape index (κ2) is 6.63. The fourth-order valence-electron chi connectivity index (χ4n) is 1.45. The zero-order valence-electron chi connectivity index (χ0n) is 11.1. The zero-order valence-corrected chi connectivity index (χ0v) is 11.1. The molecule has 2 atom stereocenters. The molecule has 0 saturated heterocycles. The molecule has 0 saturated carbocycles. The molecule has 2 amide bonds. The maximum Gasteiger partial charge on any atom is 0.319 e. The molecule has 0 heterocycles. The Morgan fingerprint density at radius 1 is 1.26 bits per heavy atom. The number of amides is 2. The lowest BCUT2D eigenvalue weighted by Crippen LogP contribution is -2.42. The second-order valence-corrected chi connectivity index (χ2v) is 4.21.